The van der Waals surface area contributed by atoms with E-state index in [1.807, 2.05) is 0 Å². The Hall–Kier alpha value is -1.31. The zero-order valence-corrected chi connectivity index (χ0v) is 14.4. The van der Waals surface area contributed by atoms with Crippen LogP contribution in [0.4, 0.5) is 5.69 Å². The lowest BCUT2D eigenvalue weighted by molar-refractivity contribution is -0.114. The molecule has 1 aromatic carbocycles. The average molecular weight is 429 g/mol. The number of hydrogen-bond acceptors (Lipinski definition) is 4. The molecule has 0 unspecified atom stereocenters. The van der Waals surface area contributed by atoms with Gasteiger partial charge in [-0.1, -0.05) is 6.07 Å². The number of halogens is 2. The molecule has 21 heavy (non-hydrogen) atoms. The molecular formula is C14H7Br2NO3S. The first kappa shape index (κ1) is 14.6. The van der Waals surface area contributed by atoms with Gasteiger partial charge in [0.2, 0.25) is 0 Å². The van der Waals surface area contributed by atoms with Crippen molar-refractivity contribution in [1.82, 2.24) is 0 Å². The number of amides is 1. The van der Waals surface area contributed by atoms with E-state index in [-0.39, 0.29) is 12.3 Å². The highest BCUT2D eigenvalue weighted by Gasteiger charge is 2.38. The summed E-state index contributed by atoms with van der Waals surface area (Å²) in [6.07, 6.45) is 0. The predicted molar refractivity (Wildman–Crippen MR) is 87.2 cm³/mol. The van der Waals surface area contributed by atoms with Crippen molar-refractivity contribution in [2.75, 3.05) is 11.4 Å². The fourth-order valence-corrected chi connectivity index (χ4v) is 4.28. The number of carbonyl (C=O) groups excluding carboxylic acids is 3. The molecule has 106 valence electrons. The fourth-order valence-electron chi connectivity index (χ4n) is 2.17. The van der Waals surface area contributed by atoms with Gasteiger partial charge >= 0.3 is 0 Å². The SMILES string of the molecule is O=C1C(=O)N(CC(=O)c2sccc2Br)c2c(Br)cccc21. The number of carbonyl (C=O) groups is 3. The summed E-state index contributed by atoms with van der Waals surface area (Å²) in [5.41, 5.74) is 0.793. The van der Waals surface area contributed by atoms with Gasteiger partial charge in [-0.3, -0.25) is 19.3 Å². The first-order valence-electron chi connectivity index (χ1n) is 5.91. The van der Waals surface area contributed by atoms with Gasteiger partial charge in [0.15, 0.2) is 5.78 Å². The monoisotopic (exact) mass is 427 g/mol. The van der Waals surface area contributed by atoms with Crippen molar-refractivity contribution in [2.24, 2.45) is 0 Å². The molecule has 3 rings (SSSR count). The predicted octanol–water partition coefficient (Wildman–Crippen LogP) is 3.69. The number of rotatable bonds is 3. The number of nitrogens with zero attached hydrogens (tertiary/aromatic N) is 1. The highest BCUT2D eigenvalue weighted by Crippen LogP contribution is 2.36. The molecule has 0 atom stereocenters. The molecule has 2 heterocycles. The first-order valence-corrected chi connectivity index (χ1v) is 8.38. The van der Waals surface area contributed by atoms with Gasteiger partial charge in [0, 0.05) is 8.95 Å². The molecule has 0 bridgehead atoms. The minimum absolute atomic E-state index is 0.153. The molecule has 1 amide bonds. The maximum atomic E-state index is 12.3. The van der Waals surface area contributed by atoms with E-state index in [2.05, 4.69) is 31.9 Å². The van der Waals surface area contributed by atoms with E-state index in [0.717, 1.165) is 0 Å². The first-order chi connectivity index (χ1) is 10.0. The summed E-state index contributed by atoms with van der Waals surface area (Å²) < 4.78 is 1.32. The molecule has 7 heteroatoms. The van der Waals surface area contributed by atoms with E-state index in [1.54, 1.807) is 29.6 Å². The molecule has 1 aliphatic heterocycles. The van der Waals surface area contributed by atoms with Crippen molar-refractivity contribution in [1.29, 1.82) is 0 Å². The smallest absolute Gasteiger partial charge is 0.296 e. The van der Waals surface area contributed by atoms with Gasteiger partial charge in [0.05, 0.1) is 22.7 Å². The number of ketones is 2. The zero-order chi connectivity index (χ0) is 15.1. The van der Waals surface area contributed by atoms with E-state index in [1.165, 1.54) is 16.2 Å². The van der Waals surface area contributed by atoms with Crippen LogP contribution in [0.2, 0.25) is 0 Å². The topological polar surface area (TPSA) is 54.5 Å². The largest absolute Gasteiger partial charge is 0.299 e. The van der Waals surface area contributed by atoms with Gasteiger partial charge < -0.3 is 0 Å². The van der Waals surface area contributed by atoms with Gasteiger partial charge in [-0.25, -0.2) is 0 Å². The van der Waals surface area contributed by atoms with Crippen LogP contribution in [0, 0.1) is 0 Å². The lowest BCUT2D eigenvalue weighted by atomic mass is 10.1. The maximum absolute atomic E-state index is 12.3. The number of anilines is 1. The van der Waals surface area contributed by atoms with Crippen molar-refractivity contribution < 1.29 is 14.4 Å². The van der Waals surface area contributed by atoms with Crippen LogP contribution in [0.15, 0.2) is 38.6 Å². The summed E-state index contributed by atoms with van der Waals surface area (Å²) in [5, 5.41) is 1.79. The van der Waals surface area contributed by atoms with Gasteiger partial charge in [0.1, 0.15) is 0 Å². The maximum Gasteiger partial charge on any atom is 0.299 e. The summed E-state index contributed by atoms with van der Waals surface area (Å²) in [7, 11) is 0. The fraction of sp³-hybridized carbons (Fsp3) is 0.0714. The van der Waals surface area contributed by atoms with Gasteiger partial charge in [0.25, 0.3) is 11.7 Å². The average Bonchev–Trinajstić information content (AvgIpc) is 2.98. The summed E-state index contributed by atoms with van der Waals surface area (Å²) in [4.78, 5) is 38.1. The van der Waals surface area contributed by atoms with E-state index in [9.17, 15) is 14.4 Å². The molecule has 0 fully saturated rings. The normalized spacial score (nSPS) is 13.7. The van der Waals surface area contributed by atoms with E-state index in [0.29, 0.717) is 25.1 Å². The Bertz CT molecular complexity index is 784. The lowest BCUT2D eigenvalue weighted by Gasteiger charge is -2.16. The molecule has 0 radical (unpaired) electrons. The molecular weight excluding hydrogens is 422 g/mol. The minimum Gasteiger partial charge on any atom is -0.296 e. The molecule has 0 saturated carbocycles. The molecule has 1 aromatic heterocycles. The Morgan fingerprint density at radius 2 is 1.90 bits per heavy atom. The highest BCUT2D eigenvalue weighted by molar-refractivity contribution is 9.11. The second kappa shape index (κ2) is 5.47. The number of para-hydroxylation sites is 1. The highest BCUT2D eigenvalue weighted by atomic mass is 79.9. The van der Waals surface area contributed by atoms with E-state index < -0.39 is 11.7 Å². The Morgan fingerprint density at radius 1 is 1.14 bits per heavy atom. The molecule has 1 aliphatic rings. The van der Waals surface area contributed by atoms with Crippen LogP contribution in [0.1, 0.15) is 20.0 Å². The van der Waals surface area contributed by atoms with Crippen LogP contribution in [0.3, 0.4) is 0 Å². The number of fused-ring (bicyclic) bond motifs is 1. The van der Waals surface area contributed by atoms with Crippen LogP contribution in [0.25, 0.3) is 0 Å². The third kappa shape index (κ3) is 2.39. The van der Waals surface area contributed by atoms with Crippen LogP contribution in [-0.4, -0.2) is 24.0 Å². The van der Waals surface area contributed by atoms with Crippen molar-refractivity contribution >= 4 is 66.4 Å². The number of hydrogen-bond donors (Lipinski definition) is 0. The third-order valence-corrected chi connectivity index (χ3v) is 5.63. The van der Waals surface area contributed by atoms with Crippen molar-refractivity contribution in [3.63, 3.8) is 0 Å². The Balaban J connectivity index is 1.98. The quantitative estimate of drug-likeness (QED) is 0.553. The third-order valence-electron chi connectivity index (χ3n) is 3.11. The minimum atomic E-state index is -0.669. The second-order valence-corrected chi connectivity index (χ2v) is 7.00. The molecule has 0 spiro atoms. The second-order valence-electron chi connectivity index (χ2n) is 4.38. The van der Waals surface area contributed by atoms with Gasteiger partial charge in [-0.05, 0) is 55.4 Å². The lowest BCUT2D eigenvalue weighted by Crippen LogP contribution is -2.34. The van der Waals surface area contributed by atoms with Crippen LogP contribution in [-0.2, 0) is 4.79 Å². The van der Waals surface area contributed by atoms with Gasteiger partial charge in [-0.2, -0.15) is 0 Å². The van der Waals surface area contributed by atoms with Crippen molar-refractivity contribution in [3.05, 3.63) is 49.0 Å². The molecule has 2 aromatic rings. The molecule has 0 saturated heterocycles. The van der Waals surface area contributed by atoms with E-state index in [4.69, 9.17) is 0 Å². The van der Waals surface area contributed by atoms with Crippen molar-refractivity contribution in [3.8, 4) is 0 Å². The molecule has 0 aliphatic carbocycles. The van der Waals surface area contributed by atoms with Gasteiger partial charge in [-0.15, -0.1) is 11.3 Å². The number of thiophene rings is 1. The summed E-state index contributed by atoms with van der Waals surface area (Å²) in [5.74, 6) is -1.45. The Labute approximate surface area is 141 Å². The standard InChI is InChI=1S/C14H7Br2NO3S/c15-8-3-1-2-7-11(8)17(14(20)12(7)19)6-10(18)13-9(16)4-5-21-13/h1-5H,6H2. The van der Waals surface area contributed by atoms with Crippen molar-refractivity contribution in [2.45, 2.75) is 0 Å². The van der Waals surface area contributed by atoms with Crippen LogP contribution < -0.4 is 4.90 Å². The Morgan fingerprint density at radius 3 is 2.57 bits per heavy atom. The van der Waals surface area contributed by atoms with E-state index >= 15 is 0 Å². The summed E-state index contributed by atoms with van der Waals surface area (Å²) in [6, 6.07) is 6.79. The molecule has 4 nitrogen and oxygen atoms in total. The molecule has 0 N–H and O–H groups in total. The summed E-state index contributed by atoms with van der Waals surface area (Å²) >= 11 is 7.93. The zero-order valence-electron chi connectivity index (χ0n) is 10.4. The number of benzene rings is 1. The Kier molecular flexibility index (Phi) is 3.81. The van der Waals surface area contributed by atoms with Crippen LogP contribution >= 0.6 is 43.2 Å². The number of Topliss-reactive ketones (excluding diaryl/α,β-unsaturated/α-hetero) is 2. The summed E-state index contributed by atoms with van der Waals surface area (Å²) in [6.45, 7) is -0.153. The van der Waals surface area contributed by atoms with Crippen LogP contribution in [0.5, 0.6) is 0 Å².